The van der Waals surface area contributed by atoms with Crippen LogP contribution in [-0.2, 0) is 11.3 Å². The van der Waals surface area contributed by atoms with Crippen LogP contribution in [0.5, 0.6) is 5.88 Å². The Balaban J connectivity index is 2.43. The SMILES string of the molecule is CCOC(=O)c1nn(Cc2c(Cl)cccc2Cl)c(OC)c1C. The minimum atomic E-state index is -0.484. The predicted molar refractivity (Wildman–Crippen MR) is 85.0 cm³/mol. The lowest BCUT2D eigenvalue weighted by Gasteiger charge is -2.09. The molecule has 2 rings (SSSR count). The van der Waals surface area contributed by atoms with Crippen molar-refractivity contribution in [1.29, 1.82) is 0 Å². The number of nitrogens with zero attached hydrogens (tertiary/aromatic N) is 2. The van der Waals surface area contributed by atoms with E-state index in [0.717, 1.165) is 0 Å². The Morgan fingerprint density at radius 3 is 2.50 bits per heavy atom. The molecule has 0 saturated carbocycles. The van der Waals surface area contributed by atoms with Gasteiger partial charge in [0.25, 0.3) is 0 Å². The Kier molecular flexibility index (Phi) is 5.32. The number of halogens is 2. The number of benzene rings is 1. The molecule has 0 bridgehead atoms. The van der Waals surface area contributed by atoms with Crippen molar-refractivity contribution in [2.24, 2.45) is 0 Å². The highest BCUT2D eigenvalue weighted by Crippen LogP contribution is 2.28. The van der Waals surface area contributed by atoms with Crippen LogP contribution >= 0.6 is 23.2 Å². The maximum absolute atomic E-state index is 11.9. The smallest absolute Gasteiger partial charge is 0.359 e. The molecule has 1 heterocycles. The van der Waals surface area contributed by atoms with Gasteiger partial charge in [-0.3, -0.25) is 0 Å². The fraction of sp³-hybridized carbons (Fsp3) is 0.333. The fourth-order valence-electron chi connectivity index (χ4n) is 2.13. The van der Waals surface area contributed by atoms with Gasteiger partial charge in [0.05, 0.1) is 20.3 Å². The van der Waals surface area contributed by atoms with E-state index in [1.165, 1.54) is 7.11 Å². The minimum Gasteiger partial charge on any atom is -0.481 e. The summed E-state index contributed by atoms with van der Waals surface area (Å²) in [6.45, 7) is 4.07. The van der Waals surface area contributed by atoms with E-state index < -0.39 is 5.97 Å². The molecule has 0 saturated heterocycles. The third-order valence-corrected chi connectivity index (χ3v) is 3.87. The van der Waals surface area contributed by atoms with Gasteiger partial charge in [-0.05, 0) is 26.0 Å². The van der Waals surface area contributed by atoms with E-state index in [9.17, 15) is 4.79 Å². The number of methoxy groups -OCH3 is 1. The van der Waals surface area contributed by atoms with Gasteiger partial charge in [-0.15, -0.1) is 0 Å². The van der Waals surface area contributed by atoms with Crippen molar-refractivity contribution < 1.29 is 14.3 Å². The molecule has 0 aliphatic heterocycles. The van der Waals surface area contributed by atoms with E-state index in [4.69, 9.17) is 32.7 Å². The third kappa shape index (κ3) is 3.20. The first-order valence-electron chi connectivity index (χ1n) is 6.71. The van der Waals surface area contributed by atoms with Crippen LogP contribution in [0.2, 0.25) is 10.0 Å². The molecule has 2 aromatic rings. The summed E-state index contributed by atoms with van der Waals surface area (Å²) < 4.78 is 11.9. The second-order valence-electron chi connectivity index (χ2n) is 4.56. The first kappa shape index (κ1) is 16.6. The molecule has 0 aliphatic rings. The van der Waals surface area contributed by atoms with E-state index in [-0.39, 0.29) is 12.3 Å². The molecule has 1 aromatic heterocycles. The highest BCUT2D eigenvalue weighted by molar-refractivity contribution is 6.35. The molecular weight excluding hydrogens is 327 g/mol. The van der Waals surface area contributed by atoms with Gasteiger partial charge in [-0.1, -0.05) is 29.3 Å². The average Bonchev–Trinajstić information content (AvgIpc) is 2.79. The predicted octanol–water partition coefficient (Wildman–Crippen LogP) is 3.73. The molecule has 0 unspecified atom stereocenters. The quantitative estimate of drug-likeness (QED) is 0.777. The Morgan fingerprint density at radius 2 is 1.95 bits per heavy atom. The van der Waals surface area contributed by atoms with Gasteiger partial charge in [-0.25, -0.2) is 9.48 Å². The lowest BCUT2D eigenvalue weighted by Crippen LogP contribution is -2.09. The van der Waals surface area contributed by atoms with Gasteiger partial charge in [0.15, 0.2) is 5.69 Å². The monoisotopic (exact) mass is 342 g/mol. The van der Waals surface area contributed by atoms with Crippen molar-refractivity contribution in [2.75, 3.05) is 13.7 Å². The highest BCUT2D eigenvalue weighted by atomic mass is 35.5. The van der Waals surface area contributed by atoms with Crippen molar-refractivity contribution in [1.82, 2.24) is 9.78 Å². The fourth-order valence-corrected chi connectivity index (χ4v) is 2.65. The van der Waals surface area contributed by atoms with E-state index in [1.807, 2.05) is 0 Å². The van der Waals surface area contributed by atoms with Gasteiger partial charge < -0.3 is 9.47 Å². The van der Waals surface area contributed by atoms with Gasteiger partial charge in [-0.2, -0.15) is 5.10 Å². The second-order valence-corrected chi connectivity index (χ2v) is 5.38. The second kappa shape index (κ2) is 7.03. The van der Waals surface area contributed by atoms with Gasteiger partial charge in [0.1, 0.15) is 0 Å². The molecule has 5 nitrogen and oxygen atoms in total. The van der Waals surface area contributed by atoms with Crippen LogP contribution in [-0.4, -0.2) is 29.5 Å². The lowest BCUT2D eigenvalue weighted by molar-refractivity contribution is 0.0517. The largest absolute Gasteiger partial charge is 0.481 e. The van der Waals surface area contributed by atoms with Gasteiger partial charge in [0, 0.05) is 21.2 Å². The van der Waals surface area contributed by atoms with E-state index >= 15 is 0 Å². The van der Waals surface area contributed by atoms with Crippen molar-refractivity contribution >= 4 is 29.2 Å². The van der Waals surface area contributed by atoms with Crippen molar-refractivity contribution in [3.05, 3.63) is 45.1 Å². The molecule has 7 heteroatoms. The summed E-state index contributed by atoms with van der Waals surface area (Å²) in [5.74, 6) is -0.0126. The van der Waals surface area contributed by atoms with Crippen molar-refractivity contribution in [3.8, 4) is 5.88 Å². The van der Waals surface area contributed by atoms with Crippen molar-refractivity contribution in [3.63, 3.8) is 0 Å². The van der Waals surface area contributed by atoms with E-state index in [2.05, 4.69) is 5.10 Å². The molecule has 0 aliphatic carbocycles. The summed E-state index contributed by atoms with van der Waals surface area (Å²) in [5, 5.41) is 5.33. The number of hydrogen-bond acceptors (Lipinski definition) is 4. The summed E-state index contributed by atoms with van der Waals surface area (Å²) in [4.78, 5) is 11.9. The normalized spacial score (nSPS) is 10.6. The highest BCUT2D eigenvalue weighted by Gasteiger charge is 2.22. The molecule has 118 valence electrons. The summed E-state index contributed by atoms with van der Waals surface area (Å²) in [6.07, 6.45) is 0. The number of carbonyl (C=O) groups is 1. The van der Waals surface area contributed by atoms with Crippen LogP contribution in [0.25, 0.3) is 0 Å². The number of carbonyl (C=O) groups excluding carboxylic acids is 1. The van der Waals surface area contributed by atoms with Crippen molar-refractivity contribution in [2.45, 2.75) is 20.4 Å². The van der Waals surface area contributed by atoms with Crippen LogP contribution in [0.3, 0.4) is 0 Å². The molecule has 0 atom stereocenters. The Bertz CT molecular complexity index is 678. The zero-order chi connectivity index (χ0) is 16.3. The summed E-state index contributed by atoms with van der Waals surface area (Å²) >= 11 is 12.4. The molecule has 0 radical (unpaired) electrons. The van der Waals surface area contributed by atoms with E-state index in [1.54, 1.807) is 36.7 Å². The average molecular weight is 343 g/mol. The maximum Gasteiger partial charge on any atom is 0.359 e. The number of rotatable bonds is 5. The minimum absolute atomic E-state index is 0.224. The molecule has 1 aromatic carbocycles. The summed E-state index contributed by atoms with van der Waals surface area (Å²) in [6, 6.07) is 5.26. The Hall–Kier alpha value is -1.72. The van der Waals surface area contributed by atoms with Crippen LogP contribution in [0.4, 0.5) is 0 Å². The zero-order valence-electron chi connectivity index (χ0n) is 12.5. The molecule has 0 N–H and O–H groups in total. The summed E-state index contributed by atoms with van der Waals surface area (Å²) in [5.41, 5.74) is 1.55. The van der Waals surface area contributed by atoms with Crippen LogP contribution < -0.4 is 4.74 Å². The van der Waals surface area contributed by atoms with Crippen LogP contribution in [0.1, 0.15) is 28.5 Å². The van der Waals surface area contributed by atoms with E-state index in [0.29, 0.717) is 33.6 Å². The summed E-state index contributed by atoms with van der Waals surface area (Å²) in [7, 11) is 1.52. The number of ether oxygens (including phenoxy) is 2. The van der Waals surface area contributed by atoms with Gasteiger partial charge in [0.2, 0.25) is 5.88 Å². The molecule has 0 amide bonds. The molecule has 22 heavy (non-hydrogen) atoms. The maximum atomic E-state index is 11.9. The number of esters is 1. The zero-order valence-corrected chi connectivity index (χ0v) is 14.0. The Labute approximate surface area is 138 Å². The molecule has 0 spiro atoms. The van der Waals surface area contributed by atoms with Crippen LogP contribution in [0.15, 0.2) is 18.2 Å². The van der Waals surface area contributed by atoms with Crippen LogP contribution in [0, 0.1) is 6.92 Å². The standard InChI is InChI=1S/C15H16Cl2N2O3/c1-4-22-15(20)13-9(2)14(21-3)19(18-13)8-10-11(16)6-5-7-12(10)17/h5-7H,4,8H2,1-3H3. The molecular formula is C15H16Cl2N2O3. The number of hydrogen-bond donors (Lipinski definition) is 0. The van der Waals surface area contributed by atoms with Gasteiger partial charge >= 0.3 is 5.97 Å². The first-order valence-corrected chi connectivity index (χ1v) is 7.46. The number of aromatic nitrogens is 2. The topological polar surface area (TPSA) is 53.3 Å². The lowest BCUT2D eigenvalue weighted by atomic mass is 10.2. The third-order valence-electron chi connectivity index (χ3n) is 3.16. The Morgan fingerprint density at radius 1 is 1.32 bits per heavy atom. The first-order chi connectivity index (χ1) is 10.5. The molecule has 0 fully saturated rings.